The molecule has 6 nitrogen and oxygen atoms in total. The van der Waals surface area contributed by atoms with Crippen LogP contribution in [0.15, 0.2) is 97.2 Å². The largest absolute Gasteiger partial charge is 0.334 e. The highest BCUT2D eigenvalue weighted by atomic mass is 19.1. The van der Waals surface area contributed by atoms with E-state index in [1.165, 1.54) is 17.7 Å². The molecule has 0 fully saturated rings. The molecule has 0 radical (unpaired) electrons. The van der Waals surface area contributed by atoms with Crippen LogP contribution in [0.2, 0.25) is 0 Å². The van der Waals surface area contributed by atoms with Crippen LogP contribution in [0.5, 0.6) is 0 Å². The third-order valence-electron chi connectivity index (χ3n) is 7.62. The first-order chi connectivity index (χ1) is 19.4. The second kappa shape index (κ2) is 10.5. The fourth-order valence-electron chi connectivity index (χ4n) is 5.44. The van der Waals surface area contributed by atoms with E-state index in [0.29, 0.717) is 19.0 Å². The molecule has 2 aromatic heterocycles. The van der Waals surface area contributed by atoms with Crippen molar-refractivity contribution in [3.8, 4) is 11.5 Å². The van der Waals surface area contributed by atoms with Crippen LogP contribution in [0.1, 0.15) is 59.4 Å². The average molecular weight is 534 g/mol. The monoisotopic (exact) mass is 533 g/mol. The number of carbonyl (C=O) groups is 1. The van der Waals surface area contributed by atoms with Gasteiger partial charge in [0.05, 0.1) is 29.7 Å². The number of hydrogen-bond donors (Lipinski definition) is 1. The van der Waals surface area contributed by atoms with Crippen LogP contribution in [0.25, 0.3) is 11.5 Å². The molecule has 202 valence electrons. The summed E-state index contributed by atoms with van der Waals surface area (Å²) in [6.45, 7) is 7.02. The number of rotatable bonds is 5. The van der Waals surface area contributed by atoms with Gasteiger partial charge in [-0.1, -0.05) is 68.4 Å². The number of amides is 2. The number of aryl methyl sites for hydroxylation is 1. The van der Waals surface area contributed by atoms with Gasteiger partial charge in [0, 0.05) is 18.3 Å². The van der Waals surface area contributed by atoms with Gasteiger partial charge in [0.2, 0.25) is 0 Å². The molecule has 1 N–H and O–H groups in total. The molecule has 3 heterocycles. The van der Waals surface area contributed by atoms with E-state index >= 15 is 0 Å². The summed E-state index contributed by atoms with van der Waals surface area (Å²) in [5, 5.41) is 7.99. The van der Waals surface area contributed by atoms with E-state index in [-0.39, 0.29) is 17.9 Å². The summed E-state index contributed by atoms with van der Waals surface area (Å²) in [6.07, 6.45) is 2.05. The Hall–Kier alpha value is -4.65. The second-order valence-electron chi connectivity index (χ2n) is 10.6. The molecule has 40 heavy (non-hydrogen) atoms. The highest BCUT2D eigenvalue weighted by Gasteiger charge is 2.36. The molecule has 3 aromatic carbocycles. The van der Waals surface area contributed by atoms with Crippen molar-refractivity contribution in [2.45, 2.75) is 45.8 Å². The topological polar surface area (TPSA) is 55.1 Å². The van der Waals surface area contributed by atoms with Gasteiger partial charge in [0.25, 0.3) is 0 Å². The molecule has 2 amide bonds. The Bertz CT molecular complexity index is 1630. The summed E-state index contributed by atoms with van der Waals surface area (Å²) in [7, 11) is 0. The lowest BCUT2D eigenvalue weighted by atomic mass is 9.97. The molecular formula is C33H32FN5O. The molecule has 1 aliphatic heterocycles. The fourth-order valence-corrected chi connectivity index (χ4v) is 5.44. The summed E-state index contributed by atoms with van der Waals surface area (Å²) in [5.74, 6) is 1.04. The highest BCUT2D eigenvalue weighted by Crippen LogP contribution is 2.38. The first-order valence-corrected chi connectivity index (χ1v) is 13.6. The predicted molar refractivity (Wildman–Crippen MR) is 154 cm³/mol. The minimum atomic E-state index is -0.333. The van der Waals surface area contributed by atoms with E-state index in [9.17, 15) is 9.18 Å². The van der Waals surface area contributed by atoms with E-state index in [0.717, 1.165) is 39.6 Å². The predicted octanol–water partition coefficient (Wildman–Crippen LogP) is 7.05. The maximum atomic E-state index is 14.0. The van der Waals surface area contributed by atoms with Crippen LogP contribution < -0.4 is 5.32 Å². The van der Waals surface area contributed by atoms with Crippen molar-refractivity contribution in [3.05, 3.63) is 137 Å². The Morgan fingerprint density at radius 1 is 0.975 bits per heavy atom. The number of benzene rings is 3. The summed E-state index contributed by atoms with van der Waals surface area (Å²) in [5.41, 5.74) is 6.90. The molecule has 0 bridgehead atoms. The quantitative estimate of drug-likeness (QED) is 0.263. The van der Waals surface area contributed by atoms with Crippen LogP contribution in [0, 0.1) is 12.7 Å². The highest BCUT2D eigenvalue weighted by molar-refractivity contribution is 5.76. The Balaban J connectivity index is 1.46. The zero-order chi connectivity index (χ0) is 27.8. The lowest BCUT2D eigenvalue weighted by molar-refractivity contribution is 0.180. The number of nitrogens with one attached hydrogen (secondary N) is 1. The fraction of sp³-hybridized carbons (Fsp3) is 0.212. The Labute approximate surface area is 233 Å². The summed E-state index contributed by atoms with van der Waals surface area (Å²) >= 11 is 0. The van der Waals surface area contributed by atoms with E-state index in [2.05, 4.69) is 54.1 Å². The molecule has 0 saturated carbocycles. The van der Waals surface area contributed by atoms with Gasteiger partial charge < -0.3 is 14.8 Å². The van der Waals surface area contributed by atoms with Crippen molar-refractivity contribution in [2.75, 3.05) is 0 Å². The van der Waals surface area contributed by atoms with Crippen molar-refractivity contribution < 1.29 is 9.18 Å². The first kappa shape index (κ1) is 25.6. The SMILES string of the molecule is Cc1nn(-c2ccccc2)c2c1CN(C(=O)NCc1ccc(F)cc1)C(c1ccc(C(C)C)cc1)c1cccn1-2. The number of aromatic nitrogens is 3. The molecule has 5 aromatic rings. The van der Waals surface area contributed by atoms with Gasteiger partial charge in [0.15, 0.2) is 0 Å². The maximum absolute atomic E-state index is 14.0. The number of urea groups is 1. The first-order valence-electron chi connectivity index (χ1n) is 13.6. The summed E-state index contributed by atoms with van der Waals surface area (Å²) in [6, 6.07) is 28.4. The molecule has 7 heteroatoms. The third kappa shape index (κ3) is 4.68. The number of nitrogens with zero attached hydrogens (tertiary/aromatic N) is 4. The molecule has 6 rings (SSSR count). The molecule has 0 aliphatic carbocycles. The van der Waals surface area contributed by atoms with Crippen LogP contribution in [0.3, 0.4) is 0 Å². The lowest BCUT2D eigenvalue weighted by Crippen LogP contribution is -2.41. The Morgan fingerprint density at radius 2 is 1.70 bits per heavy atom. The number of halogens is 1. The zero-order valence-corrected chi connectivity index (χ0v) is 22.9. The van der Waals surface area contributed by atoms with Crippen molar-refractivity contribution in [3.63, 3.8) is 0 Å². The summed E-state index contributed by atoms with van der Waals surface area (Å²) < 4.78 is 17.6. The van der Waals surface area contributed by atoms with Gasteiger partial charge in [-0.2, -0.15) is 5.10 Å². The molecule has 1 aliphatic rings. The van der Waals surface area contributed by atoms with Crippen LogP contribution in [0.4, 0.5) is 9.18 Å². The minimum Gasteiger partial charge on any atom is -0.334 e. The lowest BCUT2D eigenvalue weighted by Gasteiger charge is -2.31. The van der Waals surface area contributed by atoms with Crippen molar-refractivity contribution >= 4 is 6.03 Å². The van der Waals surface area contributed by atoms with Gasteiger partial charge in [-0.15, -0.1) is 0 Å². The van der Waals surface area contributed by atoms with Gasteiger partial charge >= 0.3 is 6.03 Å². The van der Waals surface area contributed by atoms with Crippen LogP contribution in [-0.4, -0.2) is 25.3 Å². The number of para-hydroxylation sites is 1. The van der Waals surface area contributed by atoms with Gasteiger partial charge in [-0.25, -0.2) is 13.9 Å². The standard InChI is InChI=1S/C33H32FN5O/c1-22(2)25-13-15-26(16-14-25)31-30-10-7-19-37(30)32-29(23(3)36-39(32)28-8-5-4-6-9-28)21-38(31)33(40)35-20-24-11-17-27(34)18-12-24/h4-19,22,31H,20-21H2,1-3H3,(H,35,40). The number of carbonyl (C=O) groups excluding carboxylic acids is 1. The van der Waals surface area contributed by atoms with E-state index in [4.69, 9.17) is 5.10 Å². The molecular weight excluding hydrogens is 501 g/mol. The summed E-state index contributed by atoms with van der Waals surface area (Å²) in [4.78, 5) is 15.9. The van der Waals surface area contributed by atoms with Gasteiger partial charge in [-0.3, -0.25) is 0 Å². The third-order valence-corrected chi connectivity index (χ3v) is 7.62. The Kier molecular flexibility index (Phi) is 6.72. The normalized spacial score (nSPS) is 14.5. The molecule has 0 spiro atoms. The molecule has 1 atom stereocenters. The van der Waals surface area contributed by atoms with E-state index in [1.807, 2.05) is 59.1 Å². The van der Waals surface area contributed by atoms with Crippen molar-refractivity contribution in [1.82, 2.24) is 24.6 Å². The van der Waals surface area contributed by atoms with Crippen molar-refractivity contribution in [2.24, 2.45) is 0 Å². The van der Waals surface area contributed by atoms with E-state index < -0.39 is 0 Å². The number of fused-ring (bicyclic) bond motifs is 3. The van der Waals surface area contributed by atoms with Gasteiger partial charge in [0.1, 0.15) is 11.6 Å². The second-order valence-corrected chi connectivity index (χ2v) is 10.6. The van der Waals surface area contributed by atoms with Crippen molar-refractivity contribution in [1.29, 1.82) is 0 Å². The molecule has 1 unspecified atom stereocenters. The molecule has 0 saturated heterocycles. The Morgan fingerprint density at radius 3 is 2.40 bits per heavy atom. The number of hydrogen-bond acceptors (Lipinski definition) is 2. The van der Waals surface area contributed by atoms with E-state index in [1.54, 1.807) is 12.1 Å². The van der Waals surface area contributed by atoms with Crippen LogP contribution >= 0.6 is 0 Å². The smallest absolute Gasteiger partial charge is 0.318 e. The zero-order valence-electron chi connectivity index (χ0n) is 22.9. The van der Waals surface area contributed by atoms with Crippen LogP contribution in [-0.2, 0) is 13.1 Å². The maximum Gasteiger partial charge on any atom is 0.318 e. The minimum absolute atomic E-state index is 0.199. The van der Waals surface area contributed by atoms with Gasteiger partial charge in [-0.05, 0) is 65.9 Å². The average Bonchev–Trinajstić information content (AvgIpc) is 3.53.